The molecule has 29 heavy (non-hydrogen) atoms. The standard InChI is InChI=1S/C25H24N4/c1-2-7-20-19(6-1)21-9-10-23(20)24-18(5-3-8-22(21)24)17-28-13-15-29(16-14-28)25-26-11-4-12-27-25/h1-8,11-12H,9-10,13-17H2. The molecule has 144 valence electrons. The highest BCUT2D eigenvalue weighted by molar-refractivity contribution is 6.08. The summed E-state index contributed by atoms with van der Waals surface area (Å²) in [6, 6.07) is 17.7. The van der Waals surface area contributed by atoms with E-state index in [1.54, 1.807) is 11.1 Å². The first-order valence-corrected chi connectivity index (χ1v) is 10.6. The van der Waals surface area contributed by atoms with Crippen molar-refractivity contribution in [3.05, 3.63) is 77.6 Å². The highest BCUT2D eigenvalue weighted by Crippen LogP contribution is 2.40. The predicted octanol–water partition coefficient (Wildman–Crippen LogP) is 4.20. The van der Waals surface area contributed by atoms with E-state index in [0.717, 1.165) is 38.7 Å². The van der Waals surface area contributed by atoms with Gasteiger partial charge < -0.3 is 4.90 Å². The quantitative estimate of drug-likeness (QED) is 0.499. The van der Waals surface area contributed by atoms with Crippen LogP contribution in [-0.2, 0) is 19.4 Å². The summed E-state index contributed by atoms with van der Waals surface area (Å²) in [6.45, 7) is 5.08. The first kappa shape index (κ1) is 16.9. The third-order valence-corrected chi connectivity index (χ3v) is 6.58. The van der Waals surface area contributed by atoms with Crippen LogP contribution in [0.4, 0.5) is 5.95 Å². The smallest absolute Gasteiger partial charge is 0.225 e. The molecule has 1 aromatic heterocycles. The van der Waals surface area contributed by atoms with Gasteiger partial charge in [0, 0.05) is 45.1 Å². The number of anilines is 1. The lowest BCUT2D eigenvalue weighted by Gasteiger charge is -2.35. The number of nitrogens with zero attached hydrogens (tertiary/aromatic N) is 4. The van der Waals surface area contributed by atoms with E-state index in [9.17, 15) is 0 Å². The fourth-order valence-corrected chi connectivity index (χ4v) is 5.21. The maximum absolute atomic E-state index is 4.41. The highest BCUT2D eigenvalue weighted by Gasteiger charge is 2.23. The second-order valence-electron chi connectivity index (χ2n) is 8.15. The van der Waals surface area contributed by atoms with Gasteiger partial charge in [-0.1, -0.05) is 42.5 Å². The van der Waals surface area contributed by atoms with Gasteiger partial charge >= 0.3 is 0 Å². The van der Waals surface area contributed by atoms with Crippen molar-refractivity contribution in [2.75, 3.05) is 31.1 Å². The molecule has 0 spiro atoms. The molecule has 0 atom stereocenters. The lowest BCUT2D eigenvalue weighted by Crippen LogP contribution is -2.46. The zero-order chi connectivity index (χ0) is 19.2. The molecule has 4 aromatic rings. The van der Waals surface area contributed by atoms with Gasteiger partial charge in [0.15, 0.2) is 0 Å². The van der Waals surface area contributed by atoms with Gasteiger partial charge in [0.25, 0.3) is 0 Å². The molecule has 4 nitrogen and oxygen atoms in total. The van der Waals surface area contributed by atoms with E-state index in [1.165, 1.54) is 39.9 Å². The van der Waals surface area contributed by atoms with Gasteiger partial charge in [-0.05, 0) is 57.1 Å². The molecular weight excluding hydrogens is 356 g/mol. The van der Waals surface area contributed by atoms with Crippen LogP contribution in [0.3, 0.4) is 0 Å². The molecule has 0 unspecified atom stereocenters. The molecule has 4 heteroatoms. The Labute approximate surface area is 170 Å². The van der Waals surface area contributed by atoms with Gasteiger partial charge in [0.2, 0.25) is 5.95 Å². The van der Waals surface area contributed by atoms with Crippen LogP contribution in [0.5, 0.6) is 0 Å². The van der Waals surface area contributed by atoms with Gasteiger partial charge in [-0.3, -0.25) is 4.90 Å². The Balaban J connectivity index is 1.31. The molecule has 7 rings (SSSR count). The van der Waals surface area contributed by atoms with Gasteiger partial charge in [-0.25, -0.2) is 9.97 Å². The number of rotatable bonds is 3. The van der Waals surface area contributed by atoms with Crippen molar-refractivity contribution < 1.29 is 0 Å². The molecule has 2 heterocycles. The SMILES string of the molecule is c1cnc(N2CCN(Cc3cccc4c5c6ccccc6c(c34)CC5)CC2)nc1. The number of piperazine rings is 1. The van der Waals surface area contributed by atoms with E-state index in [1.807, 2.05) is 18.5 Å². The minimum atomic E-state index is 0.852. The highest BCUT2D eigenvalue weighted by atomic mass is 15.3. The van der Waals surface area contributed by atoms with Gasteiger partial charge in [-0.15, -0.1) is 0 Å². The van der Waals surface area contributed by atoms with Crippen LogP contribution < -0.4 is 4.90 Å². The average Bonchev–Trinajstić information content (AvgIpc) is 2.81. The van der Waals surface area contributed by atoms with Gasteiger partial charge in [0.05, 0.1) is 0 Å². The number of aryl methyl sites for hydroxylation is 2. The maximum atomic E-state index is 4.41. The van der Waals surface area contributed by atoms with Crippen molar-refractivity contribution in [2.45, 2.75) is 19.4 Å². The summed E-state index contributed by atoms with van der Waals surface area (Å²) in [5.41, 5.74) is 4.57. The Bertz CT molecular complexity index is 1190. The number of aromatic nitrogens is 2. The summed E-state index contributed by atoms with van der Waals surface area (Å²) in [6.07, 6.45) is 6.01. The first-order chi connectivity index (χ1) is 14.4. The minimum absolute atomic E-state index is 0.852. The van der Waals surface area contributed by atoms with Crippen LogP contribution in [0.15, 0.2) is 60.9 Å². The van der Waals surface area contributed by atoms with Crippen molar-refractivity contribution in [1.82, 2.24) is 14.9 Å². The zero-order valence-electron chi connectivity index (χ0n) is 16.5. The molecule has 3 aromatic carbocycles. The summed E-state index contributed by atoms with van der Waals surface area (Å²) in [5.74, 6) is 0.852. The Morgan fingerprint density at radius 2 is 1.38 bits per heavy atom. The third kappa shape index (κ3) is 2.78. The Morgan fingerprint density at radius 1 is 0.690 bits per heavy atom. The summed E-state index contributed by atoms with van der Waals surface area (Å²) in [7, 11) is 0. The van der Waals surface area contributed by atoms with Crippen LogP contribution in [0.1, 0.15) is 16.7 Å². The number of benzene rings is 3. The topological polar surface area (TPSA) is 32.3 Å². The van der Waals surface area contributed by atoms with Crippen LogP contribution in [0, 0.1) is 0 Å². The molecule has 0 saturated carbocycles. The molecule has 2 bridgehead atoms. The normalized spacial score (nSPS) is 16.8. The second kappa shape index (κ2) is 6.82. The molecule has 0 radical (unpaired) electrons. The lowest BCUT2D eigenvalue weighted by molar-refractivity contribution is 0.249. The van der Waals surface area contributed by atoms with E-state index in [-0.39, 0.29) is 0 Å². The zero-order valence-corrected chi connectivity index (χ0v) is 16.5. The maximum Gasteiger partial charge on any atom is 0.225 e. The molecule has 0 N–H and O–H groups in total. The Hall–Kier alpha value is -2.98. The molecule has 0 amide bonds. The van der Waals surface area contributed by atoms with Crippen LogP contribution in [-0.4, -0.2) is 41.0 Å². The Kier molecular flexibility index (Phi) is 3.98. The van der Waals surface area contributed by atoms with Gasteiger partial charge in [-0.2, -0.15) is 0 Å². The van der Waals surface area contributed by atoms with Crippen LogP contribution >= 0.6 is 0 Å². The summed E-state index contributed by atoms with van der Waals surface area (Å²) < 4.78 is 0. The second-order valence-corrected chi connectivity index (χ2v) is 8.15. The number of fused-ring (bicyclic) bond motifs is 1. The molecule has 3 aliphatic rings. The molecule has 1 aliphatic heterocycles. The first-order valence-electron chi connectivity index (χ1n) is 10.6. The minimum Gasteiger partial charge on any atom is -0.338 e. The van der Waals surface area contributed by atoms with E-state index < -0.39 is 0 Å². The van der Waals surface area contributed by atoms with Crippen molar-refractivity contribution in [3.63, 3.8) is 0 Å². The van der Waals surface area contributed by atoms with E-state index in [4.69, 9.17) is 0 Å². The number of hydrogen-bond donors (Lipinski definition) is 0. The van der Waals surface area contributed by atoms with Crippen molar-refractivity contribution >= 4 is 27.5 Å². The van der Waals surface area contributed by atoms with Crippen molar-refractivity contribution in [1.29, 1.82) is 0 Å². The summed E-state index contributed by atoms with van der Waals surface area (Å²) in [5, 5.41) is 5.90. The Morgan fingerprint density at radius 3 is 2.17 bits per heavy atom. The molecule has 1 saturated heterocycles. The monoisotopic (exact) mass is 380 g/mol. The molecular formula is C25H24N4. The van der Waals surface area contributed by atoms with E-state index in [2.05, 4.69) is 62.2 Å². The fourth-order valence-electron chi connectivity index (χ4n) is 5.21. The largest absolute Gasteiger partial charge is 0.338 e. The third-order valence-electron chi connectivity index (χ3n) is 6.58. The summed E-state index contributed by atoms with van der Waals surface area (Å²) >= 11 is 0. The summed E-state index contributed by atoms with van der Waals surface area (Å²) in [4.78, 5) is 13.7. The predicted molar refractivity (Wildman–Crippen MR) is 118 cm³/mol. The van der Waals surface area contributed by atoms with Crippen LogP contribution in [0.2, 0.25) is 0 Å². The fraction of sp³-hybridized carbons (Fsp3) is 0.280. The molecule has 1 fully saturated rings. The van der Waals surface area contributed by atoms with Gasteiger partial charge in [0.1, 0.15) is 0 Å². The van der Waals surface area contributed by atoms with E-state index in [0.29, 0.717) is 0 Å². The van der Waals surface area contributed by atoms with Crippen molar-refractivity contribution in [3.8, 4) is 0 Å². The van der Waals surface area contributed by atoms with Crippen LogP contribution in [0.25, 0.3) is 21.5 Å². The number of hydrogen-bond acceptors (Lipinski definition) is 4. The average molecular weight is 380 g/mol. The lowest BCUT2D eigenvalue weighted by atomic mass is 9.80. The van der Waals surface area contributed by atoms with Crippen molar-refractivity contribution in [2.24, 2.45) is 0 Å². The molecule has 2 aliphatic carbocycles. The van der Waals surface area contributed by atoms with E-state index >= 15 is 0 Å².